The topological polar surface area (TPSA) is 24.9 Å². The molecular weight excluding hydrogens is 733 g/mol. The molecule has 12 rings (SSSR count). The maximum absolute atomic E-state index is 6.46. The first kappa shape index (κ1) is 34.2. The van der Waals surface area contributed by atoms with Crippen molar-refractivity contribution in [3.8, 4) is 45.3 Å². The van der Waals surface area contributed by atoms with Crippen LogP contribution >= 0.6 is 0 Å². The van der Waals surface area contributed by atoms with Gasteiger partial charge in [0.05, 0.1) is 22.7 Å². The van der Waals surface area contributed by atoms with E-state index in [1.165, 1.54) is 65.7 Å². The Hall–Kier alpha value is -7.82. The molecule has 0 bridgehead atoms. The van der Waals surface area contributed by atoms with Crippen molar-refractivity contribution in [1.82, 2.24) is 0 Å². The summed E-state index contributed by atoms with van der Waals surface area (Å²) in [4.78, 5) is 4.68. The first-order valence-electron chi connectivity index (χ1n) is 20.5. The molecule has 0 saturated heterocycles. The maximum Gasteiger partial charge on any atom is 0.151 e. The number of hydrogen-bond acceptors (Lipinski definition) is 4. The largest absolute Gasteiger partial charge is 0.453 e. The number of hydrogen-bond donors (Lipinski definition) is 0. The van der Waals surface area contributed by atoms with Crippen LogP contribution in [0.25, 0.3) is 54.6 Å². The third-order valence-corrected chi connectivity index (χ3v) is 12.3. The first-order valence-corrected chi connectivity index (χ1v) is 20.5. The van der Waals surface area contributed by atoms with E-state index in [0.717, 1.165) is 57.1 Å². The summed E-state index contributed by atoms with van der Waals surface area (Å²) in [5, 5.41) is 7.16. The standard InChI is InChI=1S/C56H38N2O2/c1-35-23-24-39(31-36(35)2)55-43-29-27-42(58-49-17-7-11-21-53(49)60-54-22-12-8-18-50(54)58)34-46(43)56(40-26-25-37-13-3-4-14-38(37)32-40)44-30-28-41(33-45(44)55)57-47-15-5-9-19-51(47)59-52-20-10-6-16-48(52)57/h3-34H,1-2H3. The van der Waals surface area contributed by atoms with E-state index < -0.39 is 0 Å². The summed E-state index contributed by atoms with van der Waals surface area (Å²) in [5.74, 6) is 3.33. The number of benzene rings is 10. The van der Waals surface area contributed by atoms with Crippen LogP contribution < -0.4 is 19.3 Å². The molecule has 0 aromatic heterocycles. The van der Waals surface area contributed by atoms with E-state index >= 15 is 0 Å². The van der Waals surface area contributed by atoms with Gasteiger partial charge in [0, 0.05) is 11.4 Å². The molecule has 0 aliphatic carbocycles. The predicted molar refractivity (Wildman–Crippen MR) is 249 cm³/mol. The van der Waals surface area contributed by atoms with Crippen LogP contribution in [0.15, 0.2) is 194 Å². The van der Waals surface area contributed by atoms with Crippen LogP contribution in [0.2, 0.25) is 0 Å². The molecule has 0 fully saturated rings. The number of anilines is 6. The fourth-order valence-corrected chi connectivity index (χ4v) is 9.31. The Kier molecular flexibility index (Phi) is 7.63. The monoisotopic (exact) mass is 770 g/mol. The van der Waals surface area contributed by atoms with Crippen LogP contribution in [0.3, 0.4) is 0 Å². The number of ether oxygens (including phenoxy) is 2. The zero-order chi connectivity index (χ0) is 39.9. The Labute approximate surface area is 348 Å². The quantitative estimate of drug-likeness (QED) is 0.166. The van der Waals surface area contributed by atoms with E-state index in [1.54, 1.807) is 0 Å². The minimum atomic E-state index is 0.833. The van der Waals surface area contributed by atoms with Gasteiger partial charge in [-0.25, -0.2) is 0 Å². The molecule has 4 heteroatoms. The molecule has 2 aliphatic heterocycles. The summed E-state index contributed by atoms with van der Waals surface area (Å²) in [6.07, 6.45) is 0. The molecule has 4 nitrogen and oxygen atoms in total. The van der Waals surface area contributed by atoms with Gasteiger partial charge in [0.1, 0.15) is 0 Å². The van der Waals surface area contributed by atoms with Gasteiger partial charge in [-0.3, -0.25) is 0 Å². The number of nitrogens with zero attached hydrogens (tertiary/aromatic N) is 2. The number of fused-ring (bicyclic) bond motifs is 7. The highest BCUT2D eigenvalue weighted by Gasteiger charge is 2.29. The lowest BCUT2D eigenvalue weighted by atomic mass is 9.84. The summed E-state index contributed by atoms with van der Waals surface area (Å²) in [6, 6.07) is 69.7. The predicted octanol–water partition coefficient (Wildman–Crippen LogP) is 16.2. The average molecular weight is 771 g/mol. The molecule has 0 amide bonds. The van der Waals surface area contributed by atoms with Crippen molar-refractivity contribution in [2.45, 2.75) is 13.8 Å². The maximum atomic E-state index is 6.46. The molecule has 0 spiro atoms. The third-order valence-electron chi connectivity index (χ3n) is 12.3. The molecule has 2 heterocycles. The van der Waals surface area contributed by atoms with Gasteiger partial charge in [-0.1, -0.05) is 115 Å². The van der Waals surface area contributed by atoms with E-state index in [-0.39, 0.29) is 0 Å². The summed E-state index contributed by atoms with van der Waals surface area (Å²) in [5.41, 5.74) is 13.5. The van der Waals surface area contributed by atoms with E-state index in [4.69, 9.17) is 9.47 Å². The second-order valence-corrected chi connectivity index (χ2v) is 15.8. The SMILES string of the molecule is Cc1ccc(-c2c3ccc(N4c5ccccc5Oc5ccccc54)cc3c(-c3ccc4ccccc4c3)c3ccc(N4c5ccccc5Oc5ccccc54)cc23)cc1C. The second-order valence-electron chi connectivity index (χ2n) is 15.8. The Morgan fingerprint density at radius 3 is 1.22 bits per heavy atom. The molecule has 0 unspecified atom stereocenters. The molecule has 0 atom stereocenters. The van der Waals surface area contributed by atoms with Crippen LogP contribution in [0.4, 0.5) is 34.1 Å². The Morgan fingerprint density at radius 2 is 0.733 bits per heavy atom. The fraction of sp³-hybridized carbons (Fsp3) is 0.0357. The molecule has 0 N–H and O–H groups in total. The zero-order valence-corrected chi connectivity index (χ0v) is 33.2. The van der Waals surface area contributed by atoms with Crippen LogP contribution in [0.1, 0.15) is 11.1 Å². The van der Waals surface area contributed by atoms with Gasteiger partial charge in [-0.2, -0.15) is 0 Å². The third kappa shape index (κ3) is 5.31. The van der Waals surface area contributed by atoms with Gasteiger partial charge >= 0.3 is 0 Å². The highest BCUT2D eigenvalue weighted by atomic mass is 16.5. The first-order chi connectivity index (χ1) is 29.6. The van der Waals surface area contributed by atoms with Gasteiger partial charge in [0.2, 0.25) is 0 Å². The van der Waals surface area contributed by atoms with Crippen molar-refractivity contribution in [3.63, 3.8) is 0 Å². The smallest absolute Gasteiger partial charge is 0.151 e. The number of para-hydroxylation sites is 8. The molecule has 0 saturated carbocycles. The molecule has 2 aliphatic rings. The van der Waals surface area contributed by atoms with Crippen molar-refractivity contribution in [2.75, 3.05) is 9.80 Å². The summed E-state index contributed by atoms with van der Waals surface area (Å²) in [7, 11) is 0. The minimum absolute atomic E-state index is 0.833. The van der Waals surface area contributed by atoms with Gasteiger partial charge in [0.25, 0.3) is 0 Å². The average Bonchev–Trinajstić information content (AvgIpc) is 3.29. The molecule has 10 aromatic carbocycles. The van der Waals surface area contributed by atoms with E-state index in [1.807, 2.05) is 48.5 Å². The lowest BCUT2D eigenvalue weighted by molar-refractivity contribution is 0.477. The van der Waals surface area contributed by atoms with Gasteiger partial charge in [-0.15, -0.1) is 0 Å². The van der Waals surface area contributed by atoms with Crippen molar-refractivity contribution in [3.05, 3.63) is 205 Å². The molecule has 284 valence electrons. The van der Waals surface area contributed by atoms with E-state index in [0.29, 0.717) is 0 Å². The lowest BCUT2D eigenvalue weighted by Gasteiger charge is -2.33. The van der Waals surface area contributed by atoms with Crippen molar-refractivity contribution in [2.24, 2.45) is 0 Å². The Bertz CT molecular complexity index is 3300. The molecule has 10 aromatic rings. The highest BCUT2D eigenvalue weighted by Crippen LogP contribution is 2.54. The summed E-state index contributed by atoms with van der Waals surface area (Å²) >= 11 is 0. The van der Waals surface area contributed by atoms with E-state index in [2.05, 4.69) is 169 Å². The van der Waals surface area contributed by atoms with Gasteiger partial charge in [0.15, 0.2) is 23.0 Å². The zero-order valence-electron chi connectivity index (χ0n) is 33.2. The molecule has 0 radical (unpaired) electrons. The van der Waals surface area contributed by atoms with Gasteiger partial charge < -0.3 is 19.3 Å². The minimum Gasteiger partial charge on any atom is -0.453 e. The Balaban J connectivity index is 1.20. The summed E-state index contributed by atoms with van der Waals surface area (Å²) < 4.78 is 12.9. The highest BCUT2D eigenvalue weighted by molar-refractivity contribution is 6.23. The fourth-order valence-electron chi connectivity index (χ4n) is 9.31. The Morgan fingerprint density at radius 1 is 0.317 bits per heavy atom. The van der Waals surface area contributed by atoms with Crippen molar-refractivity contribution < 1.29 is 9.47 Å². The lowest BCUT2D eigenvalue weighted by Crippen LogP contribution is -2.16. The van der Waals surface area contributed by atoms with Gasteiger partial charge in [-0.05, 0) is 158 Å². The summed E-state index contributed by atoms with van der Waals surface area (Å²) in [6.45, 7) is 4.40. The number of aryl methyl sites for hydroxylation is 2. The van der Waals surface area contributed by atoms with Crippen LogP contribution in [0.5, 0.6) is 23.0 Å². The van der Waals surface area contributed by atoms with Crippen LogP contribution in [-0.4, -0.2) is 0 Å². The van der Waals surface area contributed by atoms with Crippen molar-refractivity contribution >= 4 is 66.4 Å². The van der Waals surface area contributed by atoms with Crippen molar-refractivity contribution in [1.29, 1.82) is 0 Å². The van der Waals surface area contributed by atoms with Crippen LogP contribution in [0, 0.1) is 13.8 Å². The van der Waals surface area contributed by atoms with E-state index in [9.17, 15) is 0 Å². The molecular formula is C56H38N2O2. The molecule has 60 heavy (non-hydrogen) atoms. The van der Waals surface area contributed by atoms with Crippen LogP contribution in [-0.2, 0) is 0 Å². The number of rotatable bonds is 4. The normalized spacial score (nSPS) is 12.7. The second kappa shape index (κ2) is 13.4.